The summed E-state index contributed by atoms with van der Waals surface area (Å²) in [5.74, 6) is 7.91. The minimum atomic E-state index is 0.443. The van der Waals surface area contributed by atoms with Crippen LogP contribution in [0.3, 0.4) is 0 Å². The Morgan fingerprint density at radius 1 is 1.10 bits per heavy atom. The maximum Gasteiger partial charge on any atom is 0.217 e. The lowest BCUT2D eigenvalue weighted by Gasteiger charge is -2.15. The molecule has 0 spiro atoms. The molecular formula is C16H16N4O. The minimum absolute atomic E-state index is 0.443. The van der Waals surface area contributed by atoms with E-state index in [1.165, 1.54) is 12.8 Å². The smallest absolute Gasteiger partial charge is 0.217 e. The number of pyridine rings is 1. The van der Waals surface area contributed by atoms with Crippen LogP contribution in [0.1, 0.15) is 24.2 Å². The van der Waals surface area contributed by atoms with E-state index in [1.807, 2.05) is 12.1 Å². The topological polar surface area (TPSA) is 51.1 Å². The molecule has 0 bridgehead atoms. The summed E-state index contributed by atoms with van der Waals surface area (Å²) in [6.45, 7) is 2.19. The van der Waals surface area contributed by atoms with E-state index in [0.717, 1.165) is 24.5 Å². The number of hydrogen-bond acceptors (Lipinski definition) is 5. The summed E-state index contributed by atoms with van der Waals surface area (Å²) in [4.78, 5) is 15.0. The van der Waals surface area contributed by atoms with E-state index < -0.39 is 0 Å². The molecule has 2 aromatic heterocycles. The van der Waals surface area contributed by atoms with Crippen molar-refractivity contribution < 1.29 is 4.74 Å². The van der Waals surface area contributed by atoms with Crippen LogP contribution < -0.4 is 9.64 Å². The average Bonchev–Trinajstić information content (AvgIpc) is 3.08. The van der Waals surface area contributed by atoms with E-state index >= 15 is 0 Å². The summed E-state index contributed by atoms with van der Waals surface area (Å²) in [5, 5.41) is 0. The van der Waals surface area contributed by atoms with E-state index in [4.69, 9.17) is 4.74 Å². The molecule has 5 nitrogen and oxygen atoms in total. The van der Waals surface area contributed by atoms with Crippen molar-refractivity contribution >= 4 is 5.82 Å². The maximum absolute atomic E-state index is 5.04. The molecule has 0 atom stereocenters. The summed E-state index contributed by atoms with van der Waals surface area (Å²) in [6, 6.07) is 5.69. The monoisotopic (exact) mass is 280 g/mol. The third-order valence-electron chi connectivity index (χ3n) is 3.34. The lowest BCUT2D eigenvalue weighted by Crippen LogP contribution is -2.18. The SMILES string of the molecule is COc1ccnc(C#Cc2ccc(N3CCCC3)nc2)n1. The van der Waals surface area contributed by atoms with E-state index in [2.05, 4.69) is 31.7 Å². The maximum atomic E-state index is 5.04. The molecule has 1 fully saturated rings. The van der Waals surface area contributed by atoms with Gasteiger partial charge in [-0.2, -0.15) is 4.98 Å². The Kier molecular flexibility index (Phi) is 3.97. The Bertz CT molecular complexity index is 667. The lowest BCUT2D eigenvalue weighted by molar-refractivity contribution is 0.396. The predicted octanol–water partition coefficient (Wildman–Crippen LogP) is 1.88. The molecule has 0 saturated carbocycles. The highest BCUT2D eigenvalue weighted by Gasteiger charge is 2.12. The summed E-state index contributed by atoms with van der Waals surface area (Å²) in [7, 11) is 1.57. The van der Waals surface area contributed by atoms with E-state index in [0.29, 0.717) is 11.7 Å². The summed E-state index contributed by atoms with van der Waals surface area (Å²) in [5.41, 5.74) is 0.851. The fourth-order valence-electron chi connectivity index (χ4n) is 2.24. The Morgan fingerprint density at radius 3 is 2.67 bits per heavy atom. The predicted molar refractivity (Wildman–Crippen MR) is 80.2 cm³/mol. The number of anilines is 1. The van der Waals surface area contributed by atoms with Crippen molar-refractivity contribution in [3.8, 4) is 17.7 Å². The normalized spacial score (nSPS) is 13.7. The van der Waals surface area contributed by atoms with Crippen LogP contribution in [0.5, 0.6) is 5.88 Å². The van der Waals surface area contributed by atoms with E-state index in [1.54, 1.807) is 25.6 Å². The van der Waals surface area contributed by atoms with Crippen molar-refractivity contribution in [3.05, 3.63) is 42.0 Å². The first-order valence-corrected chi connectivity index (χ1v) is 6.95. The highest BCUT2D eigenvalue weighted by Crippen LogP contribution is 2.17. The summed E-state index contributed by atoms with van der Waals surface area (Å²) in [6.07, 6.45) is 5.91. The molecule has 21 heavy (non-hydrogen) atoms. The van der Waals surface area contributed by atoms with E-state index in [9.17, 15) is 0 Å². The zero-order valence-corrected chi connectivity index (χ0v) is 11.9. The Morgan fingerprint density at radius 2 is 1.95 bits per heavy atom. The van der Waals surface area contributed by atoms with Crippen LogP contribution in [-0.4, -0.2) is 35.2 Å². The molecule has 0 aliphatic carbocycles. The second kappa shape index (κ2) is 6.23. The molecule has 0 unspecified atom stereocenters. The van der Waals surface area contributed by atoms with Crippen LogP contribution in [0.15, 0.2) is 30.6 Å². The largest absolute Gasteiger partial charge is 0.481 e. The van der Waals surface area contributed by atoms with Crippen LogP contribution in [-0.2, 0) is 0 Å². The first kappa shape index (κ1) is 13.4. The molecule has 0 radical (unpaired) electrons. The van der Waals surface area contributed by atoms with Gasteiger partial charge in [0, 0.05) is 37.1 Å². The Balaban J connectivity index is 1.74. The molecule has 2 aromatic rings. The number of aromatic nitrogens is 3. The van der Waals surface area contributed by atoms with Crippen LogP contribution in [0.4, 0.5) is 5.82 Å². The van der Waals surface area contributed by atoms with Crippen molar-refractivity contribution in [2.45, 2.75) is 12.8 Å². The van der Waals surface area contributed by atoms with Gasteiger partial charge in [0.1, 0.15) is 5.82 Å². The first-order chi connectivity index (χ1) is 10.3. The molecule has 106 valence electrons. The Labute approximate surface area is 124 Å². The zero-order chi connectivity index (χ0) is 14.5. The van der Waals surface area contributed by atoms with E-state index in [-0.39, 0.29) is 0 Å². The van der Waals surface area contributed by atoms with Gasteiger partial charge in [0.25, 0.3) is 0 Å². The second-order valence-electron chi connectivity index (χ2n) is 4.77. The van der Waals surface area contributed by atoms with Gasteiger partial charge in [-0.25, -0.2) is 9.97 Å². The third kappa shape index (κ3) is 3.29. The van der Waals surface area contributed by atoms with Gasteiger partial charge in [-0.05, 0) is 30.9 Å². The van der Waals surface area contributed by atoms with Crippen LogP contribution >= 0.6 is 0 Å². The average molecular weight is 280 g/mol. The van der Waals surface area contributed by atoms with Gasteiger partial charge in [-0.15, -0.1) is 0 Å². The fraction of sp³-hybridized carbons (Fsp3) is 0.312. The Hall–Kier alpha value is -2.61. The number of ether oxygens (including phenoxy) is 1. The molecule has 1 aliphatic heterocycles. The van der Waals surface area contributed by atoms with Crippen molar-refractivity contribution in [1.82, 2.24) is 15.0 Å². The van der Waals surface area contributed by atoms with Crippen molar-refractivity contribution in [1.29, 1.82) is 0 Å². The molecule has 0 N–H and O–H groups in total. The third-order valence-corrected chi connectivity index (χ3v) is 3.34. The molecule has 0 amide bonds. The first-order valence-electron chi connectivity index (χ1n) is 6.95. The number of rotatable bonds is 2. The lowest BCUT2D eigenvalue weighted by atomic mass is 10.3. The molecular weight excluding hydrogens is 264 g/mol. The summed E-state index contributed by atoms with van der Waals surface area (Å²) >= 11 is 0. The standard InChI is InChI=1S/C16H16N4O/c1-21-16-8-9-17-14(19-16)6-4-13-5-7-15(18-12-13)20-10-2-3-11-20/h5,7-9,12H,2-3,10-11H2,1H3. The number of nitrogens with zero attached hydrogens (tertiary/aromatic N) is 4. The molecule has 1 saturated heterocycles. The number of hydrogen-bond donors (Lipinski definition) is 0. The fourth-order valence-corrected chi connectivity index (χ4v) is 2.24. The van der Waals surface area contributed by atoms with Gasteiger partial charge in [0.15, 0.2) is 0 Å². The summed E-state index contributed by atoms with van der Waals surface area (Å²) < 4.78 is 5.04. The van der Waals surface area contributed by atoms with Gasteiger partial charge >= 0.3 is 0 Å². The van der Waals surface area contributed by atoms with Crippen LogP contribution in [0, 0.1) is 11.8 Å². The van der Waals surface area contributed by atoms with Crippen molar-refractivity contribution in [3.63, 3.8) is 0 Å². The highest BCUT2D eigenvalue weighted by atomic mass is 16.5. The van der Waals surface area contributed by atoms with Gasteiger partial charge < -0.3 is 9.64 Å². The molecule has 3 rings (SSSR count). The minimum Gasteiger partial charge on any atom is -0.481 e. The highest BCUT2D eigenvalue weighted by molar-refractivity contribution is 5.45. The molecule has 1 aliphatic rings. The molecule has 3 heterocycles. The van der Waals surface area contributed by atoms with Crippen LogP contribution in [0.25, 0.3) is 0 Å². The van der Waals surface area contributed by atoms with Gasteiger partial charge in [0.05, 0.1) is 7.11 Å². The number of methoxy groups -OCH3 is 1. The van der Waals surface area contributed by atoms with Gasteiger partial charge in [0.2, 0.25) is 11.7 Å². The van der Waals surface area contributed by atoms with Crippen LogP contribution in [0.2, 0.25) is 0 Å². The van der Waals surface area contributed by atoms with Gasteiger partial charge in [-0.1, -0.05) is 5.92 Å². The van der Waals surface area contributed by atoms with Crippen molar-refractivity contribution in [2.75, 3.05) is 25.1 Å². The second-order valence-corrected chi connectivity index (χ2v) is 4.77. The zero-order valence-electron chi connectivity index (χ0n) is 11.9. The molecule has 5 heteroatoms. The molecule has 0 aromatic carbocycles. The van der Waals surface area contributed by atoms with Crippen molar-refractivity contribution in [2.24, 2.45) is 0 Å². The quantitative estimate of drug-likeness (QED) is 0.786. The van der Waals surface area contributed by atoms with Gasteiger partial charge in [-0.3, -0.25) is 0 Å².